The fraction of sp³-hybridized carbons (Fsp3) is 0.800. The Labute approximate surface area is 154 Å². The second-order valence-corrected chi connectivity index (χ2v) is 7.01. The molecule has 0 aliphatic rings. The Morgan fingerprint density at radius 2 is 1.36 bits per heavy atom. The maximum absolute atomic E-state index is 11.6. The van der Waals surface area contributed by atoms with Gasteiger partial charge in [0, 0.05) is 12.6 Å². The molecule has 1 aromatic rings. The Bertz CT molecular complexity index is 440. The summed E-state index contributed by atoms with van der Waals surface area (Å²) >= 11 is 0. The standard InChI is InChI=1S/C20H38N4O/c1-2-3-4-5-6-7-8-9-10-11-12-13-14-15-17-22-19-16-18-23-20(21)24(19)25/h16,18,22H,2-15,17H2,1H3,(H2,21,23). The zero-order chi connectivity index (χ0) is 18.2. The Morgan fingerprint density at radius 3 is 1.88 bits per heavy atom. The molecule has 0 unspecified atom stereocenters. The first-order chi connectivity index (χ1) is 12.3. The molecule has 0 amide bonds. The molecule has 3 N–H and O–H groups in total. The van der Waals surface area contributed by atoms with Gasteiger partial charge < -0.3 is 16.3 Å². The molecule has 144 valence electrons. The minimum absolute atomic E-state index is 0.00837. The summed E-state index contributed by atoms with van der Waals surface area (Å²) in [5.41, 5.74) is 5.48. The van der Waals surface area contributed by atoms with Gasteiger partial charge in [-0.05, 0) is 6.42 Å². The smallest absolute Gasteiger partial charge is 0.343 e. The minimum Gasteiger partial charge on any atom is -0.754 e. The summed E-state index contributed by atoms with van der Waals surface area (Å²) in [7, 11) is 0. The molecule has 0 saturated heterocycles. The molecule has 0 spiro atoms. The summed E-state index contributed by atoms with van der Waals surface area (Å²) in [5.74, 6) is 0.480. The van der Waals surface area contributed by atoms with Crippen molar-refractivity contribution in [3.05, 3.63) is 17.5 Å². The molecule has 0 bridgehead atoms. The van der Waals surface area contributed by atoms with Crippen LogP contribution >= 0.6 is 0 Å². The summed E-state index contributed by atoms with van der Waals surface area (Å²) < 4.78 is 0.643. The molecule has 0 fully saturated rings. The molecule has 0 atom stereocenters. The fourth-order valence-electron chi connectivity index (χ4n) is 3.09. The molecule has 0 aromatic carbocycles. The lowest BCUT2D eigenvalue weighted by Gasteiger charge is -2.12. The highest BCUT2D eigenvalue weighted by Crippen LogP contribution is 2.13. The third kappa shape index (κ3) is 10.8. The average Bonchev–Trinajstić information content (AvgIpc) is 2.61. The van der Waals surface area contributed by atoms with E-state index < -0.39 is 0 Å². The molecule has 5 nitrogen and oxygen atoms in total. The van der Waals surface area contributed by atoms with Crippen LogP contribution in [0.25, 0.3) is 0 Å². The van der Waals surface area contributed by atoms with E-state index >= 15 is 0 Å². The maximum atomic E-state index is 11.6. The molecular weight excluding hydrogens is 312 g/mol. The van der Waals surface area contributed by atoms with Crippen LogP contribution in [0.4, 0.5) is 11.8 Å². The molecule has 25 heavy (non-hydrogen) atoms. The van der Waals surface area contributed by atoms with Crippen LogP contribution in [0.5, 0.6) is 0 Å². The lowest BCUT2D eigenvalue weighted by molar-refractivity contribution is -0.577. The van der Waals surface area contributed by atoms with Crippen LogP contribution in [-0.4, -0.2) is 11.5 Å². The van der Waals surface area contributed by atoms with E-state index in [4.69, 9.17) is 5.73 Å². The predicted molar refractivity (Wildman–Crippen MR) is 106 cm³/mol. The predicted octanol–water partition coefficient (Wildman–Crippen LogP) is 5.19. The first-order valence-corrected chi connectivity index (χ1v) is 10.3. The van der Waals surface area contributed by atoms with Gasteiger partial charge in [-0.25, -0.2) is 4.73 Å². The summed E-state index contributed by atoms with van der Waals surface area (Å²) in [6, 6.07) is 1.66. The number of anilines is 2. The third-order valence-electron chi connectivity index (χ3n) is 4.70. The summed E-state index contributed by atoms with van der Waals surface area (Å²) in [4.78, 5) is 3.75. The number of rotatable bonds is 16. The number of aromatic nitrogens is 2. The van der Waals surface area contributed by atoms with Gasteiger partial charge >= 0.3 is 5.95 Å². The number of nitrogen functional groups attached to an aromatic ring is 1. The van der Waals surface area contributed by atoms with E-state index in [-0.39, 0.29) is 5.95 Å². The van der Waals surface area contributed by atoms with Gasteiger partial charge in [-0.2, -0.15) is 0 Å². The average molecular weight is 351 g/mol. The van der Waals surface area contributed by atoms with E-state index in [1.54, 1.807) is 12.3 Å². The Kier molecular flexibility index (Phi) is 12.7. The van der Waals surface area contributed by atoms with Gasteiger partial charge in [-0.3, -0.25) is 0 Å². The van der Waals surface area contributed by atoms with Crippen molar-refractivity contribution in [2.24, 2.45) is 0 Å². The largest absolute Gasteiger partial charge is 0.754 e. The minimum atomic E-state index is -0.00837. The van der Waals surface area contributed by atoms with Gasteiger partial charge in [0.25, 0.3) is 0 Å². The van der Waals surface area contributed by atoms with E-state index in [2.05, 4.69) is 17.2 Å². The van der Waals surface area contributed by atoms with Gasteiger partial charge in [0.1, 0.15) is 0 Å². The third-order valence-corrected chi connectivity index (χ3v) is 4.70. The quantitative estimate of drug-likeness (QED) is 0.244. The van der Waals surface area contributed by atoms with Crippen LogP contribution in [0.1, 0.15) is 96.8 Å². The van der Waals surface area contributed by atoms with Crippen molar-refractivity contribution in [2.75, 3.05) is 17.6 Å². The van der Waals surface area contributed by atoms with Crippen LogP contribution in [0.3, 0.4) is 0 Å². The monoisotopic (exact) mass is 350 g/mol. The second-order valence-electron chi connectivity index (χ2n) is 7.01. The van der Waals surface area contributed by atoms with Gasteiger partial charge in [-0.15, -0.1) is 4.98 Å². The van der Waals surface area contributed by atoms with Gasteiger partial charge in [0.05, 0.1) is 6.20 Å². The van der Waals surface area contributed by atoms with Crippen LogP contribution in [0, 0.1) is 5.21 Å². The highest BCUT2D eigenvalue weighted by molar-refractivity contribution is 5.29. The van der Waals surface area contributed by atoms with E-state index in [0.29, 0.717) is 10.5 Å². The summed E-state index contributed by atoms with van der Waals surface area (Å²) in [6.45, 7) is 3.08. The number of nitrogens with one attached hydrogen (secondary N) is 1. The number of nitrogens with two attached hydrogens (primary N) is 1. The Morgan fingerprint density at radius 1 is 0.880 bits per heavy atom. The molecule has 1 rings (SSSR count). The Hall–Kier alpha value is -1.52. The fourth-order valence-corrected chi connectivity index (χ4v) is 3.09. The molecule has 0 saturated carbocycles. The van der Waals surface area contributed by atoms with E-state index in [1.165, 1.54) is 83.5 Å². The van der Waals surface area contributed by atoms with Crippen LogP contribution in [-0.2, 0) is 0 Å². The van der Waals surface area contributed by atoms with Crippen LogP contribution < -0.4 is 15.8 Å². The zero-order valence-electron chi connectivity index (χ0n) is 16.1. The van der Waals surface area contributed by atoms with Crippen molar-refractivity contribution in [1.82, 2.24) is 4.98 Å². The number of hydrogen-bond donors (Lipinski definition) is 2. The van der Waals surface area contributed by atoms with Crippen molar-refractivity contribution in [3.8, 4) is 0 Å². The van der Waals surface area contributed by atoms with E-state index in [1.807, 2.05) is 0 Å². The van der Waals surface area contributed by atoms with Crippen molar-refractivity contribution in [1.29, 1.82) is 0 Å². The van der Waals surface area contributed by atoms with Crippen LogP contribution in [0.2, 0.25) is 0 Å². The summed E-state index contributed by atoms with van der Waals surface area (Å²) in [5, 5.41) is 14.7. The SMILES string of the molecule is CCCCCCCCCCCCCCCCNc1ccnc(N)[n+]1[O-]. The topological polar surface area (TPSA) is 77.9 Å². The van der Waals surface area contributed by atoms with E-state index in [0.717, 1.165) is 13.0 Å². The highest BCUT2D eigenvalue weighted by atomic mass is 16.5. The number of hydrogen-bond acceptors (Lipinski definition) is 4. The second kappa shape index (κ2) is 14.8. The maximum Gasteiger partial charge on any atom is 0.343 e. The molecule has 1 aromatic heterocycles. The molecule has 1 heterocycles. The molecule has 0 aliphatic carbocycles. The molecular formula is C20H38N4O. The van der Waals surface area contributed by atoms with Gasteiger partial charge in [-0.1, -0.05) is 90.4 Å². The van der Waals surface area contributed by atoms with Crippen molar-refractivity contribution >= 4 is 11.8 Å². The van der Waals surface area contributed by atoms with Crippen LogP contribution in [0.15, 0.2) is 12.3 Å². The molecule has 0 radical (unpaired) electrons. The van der Waals surface area contributed by atoms with Crippen molar-refractivity contribution in [3.63, 3.8) is 0 Å². The van der Waals surface area contributed by atoms with E-state index in [9.17, 15) is 5.21 Å². The Balaban J connectivity index is 1.82. The zero-order valence-corrected chi connectivity index (χ0v) is 16.1. The highest BCUT2D eigenvalue weighted by Gasteiger charge is 2.03. The van der Waals surface area contributed by atoms with Crippen molar-refractivity contribution < 1.29 is 4.73 Å². The lowest BCUT2D eigenvalue weighted by atomic mass is 10.0. The number of unbranched alkanes of at least 4 members (excludes halogenated alkanes) is 13. The first-order valence-electron chi connectivity index (χ1n) is 10.3. The number of nitrogens with zero attached hydrogens (tertiary/aromatic N) is 2. The normalized spacial score (nSPS) is 10.9. The van der Waals surface area contributed by atoms with Crippen molar-refractivity contribution in [2.45, 2.75) is 96.8 Å². The van der Waals surface area contributed by atoms with Gasteiger partial charge in [0.2, 0.25) is 0 Å². The summed E-state index contributed by atoms with van der Waals surface area (Å²) in [6.07, 6.45) is 20.5. The molecule has 5 heteroatoms. The van der Waals surface area contributed by atoms with Gasteiger partial charge in [0.15, 0.2) is 5.82 Å². The molecule has 0 aliphatic heterocycles. The lowest BCUT2D eigenvalue weighted by Crippen LogP contribution is -2.35. The first kappa shape index (κ1) is 21.5.